The standard InChI is InChI=1S/C28H42O5/c1-7-27(31,8-2)19-32-25-13-11-22(15-20(25)5)28(9-3,10-4)23-12-14-26(21(6)16-23)33-24(17-29)18-30/h11-16,24,29-31H,7-10,17-19H2,1-6H3. The molecule has 0 aliphatic heterocycles. The number of rotatable bonds is 13. The molecule has 0 amide bonds. The molecule has 0 fully saturated rings. The van der Waals surface area contributed by atoms with Crippen LogP contribution in [0.2, 0.25) is 0 Å². The van der Waals surface area contributed by atoms with Crippen LogP contribution in [0.5, 0.6) is 11.5 Å². The Hall–Kier alpha value is -2.08. The van der Waals surface area contributed by atoms with Gasteiger partial charge in [-0.15, -0.1) is 0 Å². The maximum atomic E-state index is 10.6. The maximum absolute atomic E-state index is 10.6. The Bertz CT molecular complexity index is 880. The smallest absolute Gasteiger partial charge is 0.145 e. The van der Waals surface area contributed by atoms with E-state index in [2.05, 4.69) is 45.0 Å². The van der Waals surface area contributed by atoms with Gasteiger partial charge in [-0.2, -0.15) is 0 Å². The number of aryl methyl sites for hydroxylation is 2. The molecule has 0 heterocycles. The van der Waals surface area contributed by atoms with Crippen LogP contribution in [0, 0.1) is 13.8 Å². The third-order valence-electron chi connectivity index (χ3n) is 7.18. The summed E-state index contributed by atoms with van der Waals surface area (Å²) in [6, 6.07) is 12.5. The van der Waals surface area contributed by atoms with Crippen LogP contribution < -0.4 is 9.47 Å². The summed E-state index contributed by atoms with van der Waals surface area (Å²) >= 11 is 0. The van der Waals surface area contributed by atoms with Crippen molar-refractivity contribution in [3.8, 4) is 11.5 Å². The van der Waals surface area contributed by atoms with Crippen molar-refractivity contribution in [1.29, 1.82) is 0 Å². The Kier molecular flexibility index (Phi) is 9.77. The van der Waals surface area contributed by atoms with Crippen LogP contribution in [0.1, 0.15) is 75.6 Å². The van der Waals surface area contributed by atoms with Gasteiger partial charge in [-0.1, -0.05) is 52.0 Å². The van der Waals surface area contributed by atoms with Gasteiger partial charge in [-0.05, 0) is 73.9 Å². The van der Waals surface area contributed by atoms with Crippen LogP contribution in [0.25, 0.3) is 0 Å². The lowest BCUT2D eigenvalue weighted by Crippen LogP contribution is -2.34. The molecule has 0 radical (unpaired) electrons. The summed E-state index contributed by atoms with van der Waals surface area (Å²) < 4.78 is 11.8. The van der Waals surface area contributed by atoms with Crippen LogP contribution in [0.3, 0.4) is 0 Å². The molecule has 0 bridgehead atoms. The van der Waals surface area contributed by atoms with Crippen LogP contribution >= 0.6 is 0 Å². The first kappa shape index (κ1) is 27.2. The number of benzene rings is 2. The van der Waals surface area contributed by atoms with Crippen molar-refractivity contribution >= 4 is 0 Å². The molecule has 0 aromatic heterocycles. The van der Waals surface area contributed by atoms with E-state index in [0.29, 0.717) is 18.6 Å². The van der Waals surface area contributed by atoms with Crippen LogP contribution in [-0.2, 0) is 5.41 Å². The van der Waals surface area contributed by atoms with E-state index < -0.39 is 11.7 Å². The summed E-state index contributed by atoms with van der Waals surface area (Å²) in [6.45, 7) is 12.2. The number of hydrogen-bond acceptors (Lipinski definition) is 5. The minimum atomic E-state index is -0.798. The fraction of sp³-hybridized carbons (Fsp3) is 0.571. The third-order valence-corrected chi connectivity index (χ3v) is 7.18. The van der Waals surface area contributed by atoms with Gasteiger partial charge in [0.15, 0.2) is 0 Å². The van der Waals surface area contributed by atoms with Crippen LogP contribution in [0.4, 0.5) is 0 Å². The molecule has 5 nitrogen and oxygen atoms in total. The lowest BCUT2D eigenvalue weighted by atomic mass is 9.70. The molecule has 0 saturated heterocycles. The Balaban J connectivity index is 2.37. The van der Waals surface area contributed by atoms with E-state index in [0.717, 1.165) is 29.7 Å². The van der Waals surface area contributed by atoms with Gasteiger partial charge < -0.3 is 24.8 Å². The average molecular weight is 459 g/mol. The fourth-order valence-electron chi connectivity index (χ4n) is 4.40. The lowest BCUT2D eigenvalue weighted by Gasteiger charge is -2.34. The summed E-state index contributed by atoms with van der Waals surface area (Å²) in [4.78, 5) is 0. The molecule has 5 heteroatoms. The molecule has 0 aliphatic rings. The predicted molar refractivity (Wildman–Crippen MR) is 133 cm³/mol. The Morgan fingerprint density at radius 3 is 1.64 bits per heavy atom. The molecule has 0 atom stereocenters. The van der Waals surface area contributed by atoms with E-state index in [1.165, 1.54) is 11.1 Å². The van der Waals surface area contributed by atoms with E-state index in [9.17, 15) is 15.3 Å². The predicted octanol–water partition coefficient (Wildman–Crippen LogP) is 5.07. The van der Waals surface area contributed by atoms with Crippen molar-refractivity contribution < 1.29 is 24.8 Å². The fourth-order valence-corrected chi connectivity index (χ4v) is 4.40. The lowest BCUT2D eigenvalue weighted by molar-refractivity contribution is -0.0115. The maximum Gasteiger partial charge on any atom is 0.145 e. The van der Waals surface area contributed by atoms with Gasteiger partial charge >= 0.3 is 0 Å². The summed E-state index contributed by atoms with van der Waals surface area (Å²) in [7, 11) is 0. The highest BCUT2D eigenvalue weighted by Crippen LogP contribution is 2.41. The second kappa shape index (κ2) is 11.9. The summed E-state index contributed by atoms with van der Waals surface area (Å²) in [5.41, 5.74) is 3.51. The second-order valence-electron chi connectivity index (χ2n) is 9.07. The quantitative estimate of drug-likeness (QED) is 0.390. The van der Waals surface area contributed by atoms with Gasteiger partial charge in [-0.25, -0.2) is 0 Å². The highest BCUT2D eigenvalue weighted by molar-refractivity contribution is 5.48. The minimum Gasteiger partial charge on any atom is -0.490 e. The number of ether oxygens (including phenoxy) is 2. The molecule has 3 N–H and O–H groups in total. The van der Waals surface area contributed by atoms with Crippen molar-refractivity contribution in [2.45, 2.75) is 84.3 Å². The molecule has 33 heavy (non-hydrogen) atoms. The minimum absolute atomic E-state index is 0.159. The van der Waals surface area contributed by atoms with E-state index in [1.54, 1.807) is 0 Å². The van der Waals surface area contributed by atoms with Gasteiger partial charge in [0.2, 0.25) is 0 Å². The highest BCUT2D eigenvalue weighted by Gasteiger charge is 2.32. The Labute approximate surface area is 199 Å². The van der Waals surface area contributed by atoms with E-state index in [-0.39, 0.29) is 25.2 Å². The largest absolute Gasteiger partial charge is 0.490 e. The van der Waals surface area contributed by atoms with E-state index >= 15 is 0 Å². The SMILES string of the molecule is CCC(O)(CC)COc1ccc(C(CC)(CC)c2ccc(OC(CO)CO)c(C)c2)cc1C. The van der Waals surface area contributed by atoms with Crippen molar-refractivity contribution in [3.63, 3.8) is 0 Å². The topological polar surface area (TPSA) is 79.2 Å². The van der Waals surface area contributed by atoms with Gasteiger partial charge in [0.1, 0.15) is 24.2 Å². The third kappa shape index (κ3) is 6.08. The molecule has 2 aromatic rings. The summed E-state index contributed by atoms with van der Waals surface area (Å²) in [6.07, 6.45) is 2.57. The summed E-state index contributed by atoms with van der Waals surface area (Å²) in [5, 5.41) is 29.2. The highest BCUT2D eigenvalue weighted by atomic mass is 16.5. The zero-order valence-corrected chi connectivity index (χ0v) is 21.1. The molecule has 184 valence electrons. The van der Waals surface area contributed by atoms with Gasteiger partial charge in [0.05, 0.1) is 18.8 Å². The Morgan fingerprint density at radius 2 is 1.24 bits per heavy atom. The van der Waals surface area contributed by atoms with Gasteiger partial charge in [0.25, 0.3) is 0 Å². The first-order chi connectivity index (χ1) is 15.7. The number of hydrogen-bond donors (Lipinski definition) is 3. The van der Waals surface area contributed by atoms with Gasteiger partial charge in [0, 0.05) is 5.41 Å². The first-order valence-electron chi connectivity index (χ1n) is 12.2. The number of aliphatic hydroxyl groups excluding tert-OH is 2. The molecule has 0 aliphatic carbocycles. The van der Waals surface area contributed by atoms with Gasteiger partial charge in [-0.3, -0.25) is 0 Å². The van der Waals surface area contributed by atoms with Crippen LogP contribution in [0.15, 0.2) is 36.4 Å². The Morgan fingerprint density at radius 1 is 0.758 bits per heavy atom. The molecule has 0 unspecified atom stereocenters. The van der Waals surface area contributed by atoms with E-state index in [4.69, 9.17) is 9.47 Å². The normalized spacial score (nSPS) is 12.3. The second-order valence-corrected chi connectivity index (χ2v) is 9.07. The van der Waals surface area contributed by atoms with Crippen molar-refractivity contribution in [1.82, 2.24) is 0 Å². The zero-order chi connectivity index (χ0) is 24.6. The first-order valence-corrected chi connectivity index (χ1v) is 12.2. The van der Waals surface area contributed by atoms with Crippen molar-refractivity contribution in [2.75, 3.05) is 19.8 Å². The molecular formula is C28H42O5. The average Bonchev–Trinajstić information content (AvgIpc) is 2.84. The van der Waals surface area contributed by atoms with Crippen molar-refractivity contribution in [3.05, 3.63) is 58.7 Å². The zero-order valence-electron chi connectivity index (χ0n) is 21.1. The molecule has 2 rings (SSSR count). The molecule has 0 spiro atoms. The van der Waals surface area contributed by atoms with Crippen molar-refractivity contribution in [2.24, 2.45) is 0 Å². The monoisotopic (exact) mass is 458 g/mol. The molecular weight excluding hydrogens is 416 g/mol. The molecule has 2 aromatic carbocycles. The molecule has 0 saturated carbocycles. The van der Waals surface area contributed by atoms with E-state index in [1.807, 2.05) is 32.9 Å². The summed E-state index contributed by atoms with van der Waals surface area (Å²) in [5.74, 6) is 1.48. The van der Waals surface area contributed by atoms with Crippen LogP contribution in [-0.4, -0.2) is 46.8 Å². The number of aliphatic hydroxyl groups is 3.